The molecule has 3 nitrogen and oxygen atoms in total. The van der Waals surface area contributed by atoms with Crippen LogP contribution in [0.3, 0.4) is 0 Å². The fraction of sp³-hybridized carbons (Fsp3) is 0.150. The molecule has 24 heavy (non-hydrogen) atoms. The van der Waals surface area contributed by atoms with Crippen LogP contribution in [-0.4, -0.2) is 16.9 Å². The number of ether oxygens (including phenoxy) is 1. The van der Waals surface area contributed by atoms with Crippen molar-refractivity contribution in [3.05, 3.63) is 84.1 Å². The van der Waals surface area contributed by atoms with Gasteiger partial charge < -0.3 is 4.74 Å². The Morgan fingerprint density at radius 2 is 1.83 bits per heavy atom. The second kappa shape index (κ2) is 7.37. The van der Waals surface area contributed by atoms with Crippen LogP contribution in [0.4, 0.5) is 4.79 Å². The number of nitrogens with zero attached hydrogens (tertiary/aromatic N) is 1. The zero-order valence-electron chi connectivity index (χ0n) is 13.2. The lowest BCUT2D eigenvalue weighted by molar-refractivity contribution is 0.154. The molecule has 1 heterocycles. The normalized spacial score (nSPS) is 15.7. The summed E-state index contributed by atoms with van der Waals surface area (Å²) >= 11 is 5.90. The van der Waals surface area contributed by atoms with Crippen LogP contribution in [0.2, 0.25) is 0 Å². The van der Waals surface area contributed by atoms with Crippen molar-refractivity contribution in [3.63, 3.8) is 0 Å². The highest BCUT2D eigenvalue weighted by Gasteiger charge is 2.29. The number of carbonyl (C=O) groups excluding carboxylic acids is 1. The SMILES string of the molecule is C=C(CCl)CC1c2ccccc2C=CN1C(=O)Oc1ccccc1. The summed E-state index contributed by atoms with van der Waals surface area (Å²) in [6.07, 6.45) is 3.86. The zero-order chi connectivity index (χ0) is 16.9. The van der Waals surface area contributed by atoms with Gasteiger partial charge in [0, 0.05) is 12.1 Å². The highest BCUT2D eigenvalue weighted by molar-refractivity contribution is 6.19. The van der Waals surface area contributed by atoms with E-state index in [1.807, 2.05) is 48.5 Å². The van der Waals surface area contributed by atoms with Gasteiger partial charge >= 0.3 is 6.09 Å². The molecule has 0 bridgehead atoms. The lowest BCUT2D eigenvalue weighted by Gasteiger charge is -2.32. The summed E-state index contributed by atoms with van der Waals surface area (Å²) in [6, 6.07) is 16.9. The third-order valence-electron chi connectivity index (χ3n) is 3.94. The van der Waals surface area contributed by atoms with Gasteiger partial charge in [0.05, 0.1) is 6.04 Å². The summed E-state index contributed by atoms with van der Waals surface area (Å²) in [6.45, 7) is 3.98. The first kappa shape index (κ1) is 16.3. The van der Waals surface area contributed by atoms with Crippen LogP contribution in [0, 0.1) is 0 Å². The Balaban J connectivity index is 1.88. The maximum Gasteiger partial charge on any atom is 0.419 e. The molecule has 0 fully saturated rings. The van der Waals surface area contributed by atoms with Gasteiger partial charge in [-0.3, -0.25) is 4.90 Å². The van der Waals surface area contributed by atoms with E-state index in [0.717, 1.165) is 16.7 Å². The minimum atomic E-state index is -0.417. The van der Waals surface area contributed by atoms with E-state index in [1.54, 1.807) is 23.2 Å². The number of amides is 1. The number of carbonyl (C=O) groups is 1. The molecule has 2 aromatic rings. The Kier molecular flexibility index (Phi) is 5.02. The first-order chi connectivity index (χ1) is 11.7. The predicted molar refractivity (Wildman–Crippen MR) is 97.0 cm³/mol. The number of halogens is 1. The number of para-hydroxylation sites is 1. The number of benzene rings is 2. The molecule has 0 saturated carbocycles. The van der Waals surface area contributed by atoms with Crippen LogP contribution in [0.1, 0.15) is 23.6 Å². The minimum absolute atomic E-state index is 0.173. The van der Waals surface area contributed by atoms with Crippen molar-refractivity contribution in [2.45, 2.75) is 12.5 Å². The second-order valence-electron chi connectivity index (χ2n) is 5.64. The van der Waals surface area contributed by atoms with Gasteiger partial charge in [0.2, 0.25) is 0 Å². The molecule has 3 rings (SSSR count). The Morgan fingerprint density at radius 3 is 2.58 bits per heavy atom. The Hall–Kier alpha value is -2.52. The molecule has 0 saturated heterocycles. The molecule has 0 aliphatic carbocycles. The van der Waals surface area contributed by atoms with E-state index < -0.39 is 6.09 Å². The number of hydrogen-bond donors (Lipinski definition) is 0. The summed E-state index contributed by atoms with van der Waals surface area (Å²) in [5, 5.41) is 0. The summed E-state index contributed by atoms with van der Waals surface area (Å²) in [7, 11) is 0. The molecule has 0 N–H and O–H groups in total. The standard InChI is InChI=1S/C20H18ClNO2/c1-15(14-21)13-19-18-10-6-5-7-16(18)11-12-22(19)20(23)24-17-8-3-2-4-9-17/h2-12,19H,1,13-14H2. The van der Waals surface area contributed by atoms with Crippen molar-refractivity contribution >= 4 is 23.8 Å². The van der Waals surface area contributed by atoms with E-state index in [-0.39, 0.29) is 6.04 Å². The van der Waals surface area contributed by atoms with E-state index in [1.165, 1.54) is 0 Å². The molecule has 1 amide bonds. The third kappa shape index (κ3) is 3.52. The molecule has 1 atom stereocenters. The molecular weight excluding hydrogens is 322 g/mol. The molecular formula is C20H18ClNO2. The van der Waals surface area contributed by atoms with Crippen molar-refractivity contribution in [2.24, 2.45) is 0 Å². The van der Waals surface area contributed by atoms with Crippen LogP contribution in [0.15, 0.2) is 72.9 Å². The van der Waals surface area contributed by atoms with Gasteiger partial charge in [-0.25, -0.2) is 4.79 Å². The van der Waals surface area contributed by atoms with E-state index in [2.05, 4.69) is 6.58 Å². The Bertz CT molecular complexity index is 770. The first-order valence-electron chi connectivity index (χ1n) is 7.74. The van der Waals surface area contributed by atoms with Crippen LogP contribution in [0.5, 0.6) is 5.75 Å². The summed E-state index contributed by atoms with van der Waals surface area (Å²) < 4.78 is 5.49. The molecule has 122 valence electrons. The van der Waals surface area contributed by atoms with Crippen LogP contribution in [-0.2, 0) is 0 Å². The zero-order valence-corrected chi connectivity index (χ0v) is 13.9. The van der Waals surface area contributed by atoms with Gasteiger partial charge in [-0.05, 0) is 35.8 Å². The third-order valence-corrected chi connectivity index (χ3v) is 4.31. The van der Waals surface area contributed by atoms with E-state index in [0.29, 0.717) is 18.1 Å². The predicted octanol–water partition coefficient (Wildman–Crippen LogP) is 5.40. The number of hydrogen-bond acceptors (Lipinski definition) is 2. The van der Waals surface area contributed by atoms with E-state index >= 15 is 0 Å². The number of rotatable bonds is 4. The monoisotopic (exact) mass is 339 g/mol. The summed E-state index contributed by atoms with van der Waals surface area (Å²) in [5.41, 5.74) is 3.04. The first-order valence-corrected chi connectivity index (χ1v) is 8.27. The summed E-state index contributed by atoms with van der Waals surface area (Å²) in [4.78, 5) is 14.3. The second-order valence-corrected chi connectivity index (χ2v) is 5.90. The lowest BCUT2D eigenvalue weighted by Crippen LogP contribution is -2.35. The minimum Gasteiger partial charge on any atom is -0.410 e. The largest absolute Gasteiger partial charge is 0.419 e. The van der Waals surface area contributed by atoms with Gasteiger partial charge in [-0.2, -0.15) is 0 Å². The topological polar surface area (TPSA) is 29.5 Å². The highest BCUT2D eigenvalue weighted by Crippen LogP contribution is 2.35. The molecule has 0 aromatic heterocycles. The maximum atomic E-state index is 12.6. The highest BCUT2D eigenvalue weighted by atomic mass is 35.5. The molecule has 1 aliphatic heterocycles. The van der Waals surface area contributed by atoms with Gasteiger partial charge in [-0.15, -0.1) is 11.6 Å². The molecule has 2 aromatic carbocycles. The van der Waals surface area contributed by atoms with Crippen LogP contribution in [0.25, 0.3) is 6.08 Å². The number of alkyl halides is 1. The van der Waals surface area contributed by atoms with Gasteiger partial charge in [0.1, 0.15) is 5.75 Å². The Morgan fingerprint density at radius 1 is 1.12 bits per heavy atom. The van der Waals surface area contributed by atoms with E-state index in [9.17, 15) is 4.79 Å². The van der Waals surface area contributed by atoms with E-state index in [4.69, 9.17) is 16.3 Å². The molecule has 1 aliphatic rings. The van der Waals surface area contributed by atoms with Crippen LogP contribution >= 0.6 is 11.6 Å². The molecule has 1 unspecified atom stereocenters. The smallest absolute Gasteiger partial charge is 0.410 e. The van der Waals surface area contributed by atoms with Crippen LogP contribution < -0.4 is 4.74 Å². The van der Waals surface area contributed by atoms with Gasteiger partial charge in [0.25, 0.3) is 0 Å². The molecule has 4 heteroatoms. The number of fused-ring (bicyclic) bond motifs is 1. The fourth-order valence-corrected chi connectivity index (χ4v) is 2.86. The molecule has 0 radical (unpaired) electrons. The lowest BCUT2D eigenvalue weighted by atomic mass is 9.92. The van der Waals surface area contributed by atoms with Crippen molar-refractivity contribution in [1.82, 2.24) is 4.90 Å². The average Bonchev–Trinajstić information content (AvgIpc) is 2.62. The van der Waals surface area contributed by atoms with Gasteiger partial charge in [0.15, 0.2) is 0 Å². The maximum absolute atomic E-state index is 12.6. The van der Waals surface area contributed by atoms with Crippen molar-refractivity contribution in [1.29, 1.82) is 0 Å². The average molecular weight is 340 g/mol. The van der Waals surface area contributed by atoms with Crippen molar-refractivity contribution in [3.8, 4) is 5.75 Å². The quantitative estimate of drug-likeness (QED) is 0.551. The van der Waals surface area contributed by atoms with Crippen molar-refractivity contribution < 1.29 is 9.53 Å². The van der Waals surface area contributed by atoms with Crippen molar-refractivity contribution in [2.75, 3.05) is 5.88 Å². The fourth-order valence-electron chi connectivity index (χ4n) is 2.75. The van der Waals surface area contributed by atoms with Gasteiger partial charge in [-0.1, -0.05) is 54.6 Å². The molecule has 0 spiro atoms. The summed E-state index contributed by atoms with van der Waals surface area (Å²) in [5.74, 6) is 0.883. The Labute approximate surface area is 146 Å².